The summed E-state index contributed by atoms with van der Waals surface area (Å²) in [7, 11) is 0. The summed E-state index contributed by atoms with van der Waals surface area (Å²) in [6.45, 7) is 12.3. The first kappa shape index (κ1) is 19.5. The van der Waals surface area contributed by atoms with Gasteiger partial charge in [-0.2, -0.15) is 0 Å². The van der Waals surface area contributed by atoms with E-state index in [4.69, 9.17) is 0 Å². The molecule has 1 rings (SSSR count). The first-order chi connectivity index (χ1) is 8.65. The van der Waals surface area contributed by atoms with Crippen LogP contribution in [0.1, 0.15) is 71.4 Å². The molecule has 0 spiro atoms. The van der Waals surface area contributed by atoms with Gasteiger partial charge in [-0.15, -0.1) is 0 Å². The van der Waals surface area contributed by atoms with E-state index in [0.29, 0.717) is 0 Å². The van der Waals surface area contributed by atoms with Crippen molar-refractivity contribution < 1.29 is 4.39 Å². The number of aryl methyl sites for hydroxylation is 2. The molecule has 1 aromatic rings. The summed E-state index contributed by atoms with van der Waals surface area (Å²) in [6, 6.07) is 5.36. The molecule has 0 amide bonds. The van der Waals surface area contributed by atoms with Crippen LogP contribution in [0.3, 0.4) is 0 Å². The molecular formula is C17H31F. The second kappa shape index (κ2) is 14.2. The van der Waals surface area contributed by atoms with Crippen molar-refractivity contribution in [1.29, 1.82) is 0 Å². The third kappa shape index (κ3) is 10.3. The maximum absolute atomic E-state index is 12.8. The summed E-state index contributed by atoms with van der Waals surface area (Å²) >= 11 is 0. The average Bonchev–Trinajstić information content (AvgIpc) is 2.42. The van der Waals surface area contributed by atoms with Gasteiger partial charge in [-0.05, 0) is 30.5 Å². The minimum atomic E-state index is -0.0978. The molecule has 0 aliphatic rings. The van der Waals surface area contributed by atoms with Gasteiger partial charge in [0.05, 0.1) is 0 Å². The zero-order valence-corrected chi connectivity index (χ0v) is 13.1. The normalized spacial score (nSPS) is 8.83. The van der Waals surface area contributed by atoms with Crippen LogP contribution in [0.2, 0.25) is 0 Å². The van der Waals surface area contributed by atoms with E-state index < -0.39 is 0 Å². The summed E-state index contributed by atoms with van der Waals surface area (Å²) in [5.74, 6) is -0.0978. The molecule has 0 heterocycles. The quantitative estimate of drug-likeness (QED) is 0.552. The number of hydrogen-bond acceptors (Lipinski definition) is 0. The zero-order chi connectivity index (χ0) is 14.4. The van der Waals surface area contributed by atoms with Crippen LogP contribution >= 0.6 is 0 Å². The predicted octanol–water partition coefficient (Wildman–Crippen LogP) is 6.31. The van der Waals surface area contributed by atoms with Gasteiger partial charge in [0.2, 0.25) is 0 Å². The lowest BCUT2D eigenvalue weighted by atomic mass is 10.1. The molecule has 1 aromatic carbocycles. The Morgan fingerprint density at radius 1 is 0.944 bits per heavy atom. The lowest BCUT2D eigenvalue weighted by Gasteiger charge is -1.98. The third-order valence-electron chi connectivity index (χ3n) is 2.60. The van der Waals surface area contributed by atoms with Crippen molar-refractivity contribution in [3.05, 3.63) is 35.1 Å². The van der Waals surface area contributed by atoms with Gasteiger partial charge in [-0.3, -0.25) is 0 Å². The van der Waals surface area contributed by atoms with Crippen LogP contribution < -0.4 is 0 Å². The van der Waals surface area contributed by atoms with Crippen molar-refractivity contribution in [2.45, 2.75) is 73.6 Å². The van der Waals surface area contributed by atoms with E-state index in [2.05, 4.69) is 13.8 Å². The molecule has 0 aliphatic carbocycles. The SMILES string of the molecule is CC.CCCCCC.CCc1ccc(C)c(F)c1. The molecule has 0 radical (unpaired) electrons. The fourth-order valence-electron chi connectivity index (χ4n) is 1.36. The highest BCUT2D eigenvalue weighted by Crippen LogP contribution is 2.08. The van der Waals surface area contributed by atoms with E-state index in [1.54, 1.807) is 13.0 Å². The van der Waals surface area contributed by atoms with Crippen LogP contribution in [0.25, 0.3) is 0 Å². The molecule has 0 bridgehead atoms. The predicted molar refractivity (Wildman–Crippen MR) is 81.7 cm³/mol. The van der Waals surface area contributed by atoms with Gasteiger partial charge in [-0.25, -0.2) is 4.39 Å². The largest absolute Gasteiger partial charge is 0.207 e. The van der Waals surface area contributed by atoms with Crippen LogP contribution in [0, 0.1) is 12.7 Å². The number of halogens is 1. The summed E-state index contributed by atoms with van der Waals surface area (Å²) in [5, 5.41) is 0. The van der Waals surface area contributed by atoms with Gasteiger partial charge >= 0.3 is 0 Å². The van der Waals surface area contributed by atoms with Gasteiger partial charge in [-0.1, -0.05) is 72.4 Å². The average molecular weight is 254 g/mol. The van der Waals surface area contributed by atoms with Crippen LogP contribution in [-0.2, 0) is 6.42 Å². The van der Waals surface area contributed by atoms with Crippen molar-refractivity contribution in [3.8, 4) is 0 Å². The van der Waals surface area contributed by atoms with Crippen LogP contribution in [-0.4, -0.2) is 0 Å². The van der Waals surface area contributed by atoms with E-state index in [1.165, 1.54) is 25.7 Å². The Balaban J connectivity index is 0. The Morgan fingerprint density at radius 3 is 1.78 bits per heavy atom. The number of benzene rings is 1. The van der Waals surface area contributed by atoms with Crippen molar-refractivity contribution in [2.75, 3.05) is 0 Å². The Bertz CT molecular complexity index is 275. The molecule has 0 aliphatic heterocycles. The molecule has 0 nitrogen and oxygen atoms in total. The molecule has 0 atom stereocenters. The first-order valence-corrected chi connectivity index (χ1v) is 7.40. The highest BCUT2D eigenvalue weighted by molar-refractivity contribution is 5.22. The summed E-state index contributed by atoms with van der Waals surface area (Å²) in [6.07, 6.45) is 6.44. The highest BCUT2D eigenvalue weighted by atomic mass is 19.1. The lowest BCUT2D eigenvalue weighted by molar-refractivity contribution is 0.616. The molecule has 0 saturated carbocycles. The standard InChI is InChI=1S/C9H11F.C6H14.C2H6/c1-3-8-5-4-7(2)9(10)6-8;1-3-5-6-4-2;1-2/h4-6H,3H2,1-2H3;3-6H2,1-2H3;1-2H3. The topological polar surface area (TPSA) is 0 Å². The van der Waals surface area contributed by atoms with Crippen LogP contribution in [0.5, 0.6) is 0 Å². The maximum atomic E-state index is 12.8. The molecule has 0 N–H and O–H groups in total. The molecule has 0 unspecified atom stereocenters. The second-order valence-corrected chi connectivity index (χ2v) is 4.14. The van der Waals surface area contributed by atoms with Crippen molar-refractivity contribution in [2.24, 2.45) is 0 Å². The van der Waals surface area contributed by atoms with E-state index in [9.17, 15) is 4.39 Å². The lowest BCUT2D eigenvalue weighted by Crippen LogP contribution is -1.85. The maximum Gasteiger partial charge on any atom is 0.126 e. The zero-order valence-electron chi connectivity index (χ0n) is 13.1. The Hall–Kier alpha value is -0.850. The highest BCUT2D eigenvalue weighted by Gasteiger charge is 1.95. The summed E-state index contributed by atoms with van der Waals surface area (Å²) in [4.78, 5) is 0. The van der Waals surface area contributed by atoms with Gasteiger partial charge in [0.15, 0.2) is 0 Å². The molecule has 106 valence electrons. The van der Waals surface area contributed by atoms with Crippen molar-refractivity contribution >= 4 is 0 Å². The second-order valence-electron chi connectivity index (χ2n) is 4.14. The molecule has 0 saturated heterocycles. The first-order valence-electron chi connectivity index (χ1n) is 7.40. The molecule has 1 heteroatoms. The number of unbranched alkanes of at least 4 members (excludes halogenated alkanes) is 3. The van der Waals surface area contributed by atoms with Gasteiger partial charge in [0.25, 0.3) is 0 Å². The minimum absolute atomic E-state index is 0.0978. The Kier molecular flexibility index (Phi) is 15.4. The van der Waals surface area contributed by atoms with E-state index >= 15 is 0 Å². The molecular weight excluding hydrogens is 223 g/mol. The number of rotatable bonds is 4. The van der Waals surface area contributed by atoms with Gasteiger partial charge < -0.3 is 0 Å². The van der Waals surface area contributed by atoms with E-state index in [1.807, 2.05) is 32.9 Å². The smallest absolute Gasteiger partial charge is 0.126 e. The van der Waals surface area contributed by atoms with Crippen molar-refractivity contribution in [1.82, 2.24) is 0 Å². The monoisotopic (exact) mass is 254 g/mol. The van der Waals surface area contributed by atoms with E-state index in [0.717, 1.165) is 17.5 Å². The van der Waals surface area contributed by atoms with Crippen LogP contribution in [0.15, 0.2) is 18.2 Å². The number of hydrogen-bond donors (Lipinski definition) is 0. The fraction of sp³-hybridized carbons (Fsp3) is 0.647. The Labute approximate surface area is 114 Å². The van der Waals surface area contributed by atoms with Gasteiger partial charge in [0.1, 0.15) is 5.82 Å². The minimum Gasteiger partial charge on any atom is -0.207 e. The summed E-state index contributed by atoms with van der Waals surface area (Å²) in [5.41, 5.74) is 1.78. The van der Waals surface area contributed by atoms with E-state index in [-0.39, 0.29) is 5.82 Å². The van der Waals surface area contributed by atoms with Gasteiger partial charge in [0, 0.05) is 0 Å². The van der Waals surface area contributed by atoms with Crippen LogP contribution in [0.4, 0.5) is 4.39 Å². The molecule has 0 fully saturated rings. The fourth-order valence-corrected chi connectivity index (χ4v) is 1.36. The third-order valence-corrected chi connectivity index (χ3v) is 2.60. The Morgan fingerprint density at radius 2 is 1.44 bits per heavy atom. The molecule has 0 aromatic heterocycles. The summed E-state index contributed by atoms with van der Waals surface area (Å²) < 4.78 is 12.8. The molecule has 18 heavy (non-hydrogen) atoms. The van der Waals surface area contributed by atoms with Crippen molar-refractivity contribution in [3.63, 3.8) is 0 Å².